The minimum absolute atomic E-state index is 0.465. The second-order valence-corrected chi connectivity index (χ2v) is 3.25. The van der Waals surface area contributed by atoms with Crippen LogP contribution >= 0.6 is 12.2 Å². The second kappa shape index (κ2) is 2.30. The van der Waals surface area contributed by atoms with Crippen molar-refractivity contribution in [3.05, 3.63) is 12.2 Å². The van der Waals surface area contributed by atoms with E-state index in [-0.39, 0.29) is 0 Å². The molecule has 0 radical (unpaired) electrons. The van der Waals surface area contributed by atoms with Crippen molar-refractivity contribution in [3.63, 3.8) is 0 Å². The summed E-state index contributed by atoms with van der Waals surface area (Å²) in [6.07, 6.45) is 7.07. The van der Waals surface area contributed by atoms with Gasteiger partial charge in [-0.3, -0.25) is 0 Å². The number of hydrogen-bond acceptors (Lipinski definition) is 2. The molecular weight excluding hydrogens is 142 g/mol. The first-order chi connectivity index (χ1) is 4.90. The number of aliphatic imine (C=N–C) groups is 1. The molecule has 0 N–H and O–H groups in total. The molecule has 0 unspecified atom stereocenters. The standard InChI is InChI=1S/C8H9NS/c10-5-9-8-4-6-1-2-7(8)3-6/h1-2,6-8H,3-4H2/t6-,7+,8+/m1/s1. The lowest BCUT2D eigenvalue weighted by atomic mass is 10.0. The molecule has 0 aliphatic heterocycles. The summed E-state index contributed by atoms with van der Waals surface area (Å²) in [5.74, 6) is 1.47. The molecule has 1 nitrogen and oxygen atoms in total. The molecule has 0 aromatic carbocycles. The molecule has 3 atom stereocenters. The average Bonchev–Trinajstić information content (AvgIpc) is 2.48. The Morgan fingerprint density at radius 2 is 2.30 bits per heavy atom. The highest BCUT2D eigenvalue weighted by molar-refractivity contribution is 7.78. The van der Waals surface area contributed by atoms with Crippen LogP contribution in [-0.4, -0.2) is 11.2 Å². The van der Waals surface area contributed by atoms with Crippen LogP contribution in [0.2, 0.25) is 0 Å². The maximum Gasteiger partial charge on any atom is 0.0671 e. The first kappa shape index (κ1) is 6.26. The Labute approximate surface area is 65.8 Å². The zero-order valence-electron chi connectivity index (χ0n) is 5.66. The number of rotatable bonds is 1. The zero-order valence-corrected chi connectivity index (χ0v) is 6.47. The van der Waals surface area contributed by atoms with Gasteiger partial charge in [-0.05, 0) is 31.0 Å². The Kier molecular flexibility index (Phi) is 1.44. The molecule has 2 bridgehead atoms. The van der Waals surface area contributed by atoms with Crippen molar-refractivity contribution in [2.24, 2.45) is 16.8 Å². The lowest BCUT2D eigenvalue weighted by molar-refractivity contribution is 0.582. The zero-order chi connectivity index (χ0) is 6.97. The van der Waals surface area contributed by atoms with Gasteiger partial charge in [-0.2, -0.15) is 0 Å². The van der Waals surface area contributed by atoms with Crippen molar-refractivity contribution in [1.29, 1.82) is 0 Å². The number of allylic oxidation sites excluding steroid dienone is 1. The molecule has 0 spiro atoms. The maximum atomic E-state index is 4.56. The molecule has 0 saturated heterocycles. The molecule has 2 heteroatoms. The highest BCUT2D eigenvalue weighted by Crippen LogP contribution is 2.40. The van der Waals surface area contributed by atoms with Crippen LogP contribution in [0.1, 0.15) is 12.8 Å². The van der Waals surface area contributed by atoms with Gasteiger partial charge in [-0.15, -0.1) is 0 Å². The van der Waals surface area contributed by atoms with E-state index in [2.05, 4.69) is 34.5 Å². The summed E-state index contributed by atoms with van der Waals surface area (Å²) in [7, 11) is 0. The van der Waals surface area contributed by atoms with Gasteiger partial charge >= 0.3 is 0 Å². The van der Waals surface area contributed by atoms with Crippen LogP contribution in [0.3, 0.4) is 0 Å². The second-order valence-electron chi connectivity index (χ2n) is 3.07. The van der Waals surface area contributed by atoms with Crippen LogP contribution in [0, 0.1) is 11.8 Å². The van der Waals surface area contributed by atoms with Gasteiger partial charge in [-0.25, -0.2) is 4.99 Å². The molecule has 2 aliphatic carbocycles. The highest BCUT2D eigenvalue weighted by Gasteiger charge is 2.35. The van der Waals surface area contributed by atoms with Gasteiger partial charge in [0, 0.05) is 5.92 Å². The third-order valence-electron chi connectivity index (χ3n) is 2.46. The quantitative estimate of drug-likeness (QED) is 0.317. The summed E-state index contributed by atoms with van der Waals surface area (Å²) in [6, 6.07) is 0.465. The Morgan fingerprint density at radius 1 is 1.40 bits per heavy atom. The average molecular weight is 151 g/mol. The first-order valence-electron chi connectivity index (χ1n) is 3.65. The molecule has 0 aromatic rings. The Balaban J connectivity index is 2.16. The van der Waals surface area contributed by atoms with Crippen molar-refractivity contribution in [2.75, 3.05) is 0 Å². The maximum absolute atomic E-state index is 4.56. The molecule has 1 saturated carbocycles. The molecule has 10 heavy (non-hydrogen) atoms. The van der Waals surface area contributed by atoms with Crippen LogP contribution in [0.5, 0.6) is 0 Å². The fourth-order valence-corrected chi connectivity index (χ4v) is 2.10. The van der Waals surface area contributed by atoms with Crippen molar-refractivity contribution in [2.45, 2.75) is 18.9 Å². The monoisotopic (exact) mass is 151 g/mol. The van der Waals surface area contributed by atoms with Crippen molar-refractivity contribution < 1.29 is 0 Å². The van der Waals surface area contributed by atoms with Crippen LogP contribution in [-0.2, 0) is 0 Å². The van der Waals surface area contributed by atoms with Crippen LogP contribution in [0.15, 0.2) is 17.1 Å². The minimum Gasteiger partial charge on any atom is -0.229 e. The van der Waals surface area contributed by atoms with E-state index < -0.39 is 0 Å². The molecule has 52 valence electrons. The van der Waals surface area contributed by atoms with Crippen LogP contribution < -0.4 is 0 Å². The predicted octanol–water partition coefficient (Wildman–Crippen LogP) is 2.05. The number of fused-ring (bicyclic) bond motifs is 2. The van der Waals surface area contributed by atoms with Gasteiger partial charge in [0.1, 0.15) is 0 Å². The van der Waals surface area contributed by atoms with Crippen molar-refractivity contribution in [1.82, 2.24) is 0 Å². The third kappa shape index (κ3) is 0.845. The Morgan fingerprint density at radius 3 is 2.80 bits per heavy atom. The van der Waals surface area contributed by atoms with E-state index in [9.17, 15) is 0 Å². The van der Waals surface area contributed by atoms with E-state index in [1.165, 1.54) is 12.8 Å². The molecule has 0 heterocycles. The predicted molar refractivity (Wildman–Crippen MR) is 44.2 cm³/mol. The minimum atomic E-state index is 0.465. The summed E-state index contributed by atoms with van der Waals surface area (Å²) in [5.41, 5.74) is 0. The molecule has 0 aromatic heterocycles. The van der Waals surface area contributed by atoms with E-state index in [1.807, 2.05) is 0 Å². The Bertz CT molecular complexity index is 215. The molecule has 0 amide bonds. The van der Waals surface area contributed by atoms with E-state index in [0.717, 1.165) is 5.92 Å². The molecule has 2 rings (SSSR count). The summed E-state index contributed by atoms with van der Waals surface area (Å²) < 4.78 is 0. The van der Waals surface area contributed by atoms with Crippen molar-refractivity contribution >= 4 is 17.4 Å². The van der Waals surface area contributed by atoms with Crippen LogP contribution in [0.4, 0.5) is 0 Å². The fraction of sp³-hybridized carbons (Fsp3) is 0.625. The van der Waals surface area contributed by atoms with E-state index in [1.54, 1.807) is 0 Å². The number of hydrogen-bond donors (Lipinski definition) is 0. The van der Waals surface area contributed by atoms with Gasteiger partial charge in [-0.1, -0.05) is 12.2 Å². The van der Waals surface area contributed by atoms with Gasteiger partial charge in [0.05, 0.1) is 11.2 Å². The number of nitrogens with zero attached hydrogens (tertiary/aromatic N) is 1. The fourth-order valence-electron chi connectivity index (χ4n) is 1.97. The topological polar surface area (TPSA) is 12.4 Å². The van der Waals surface area contributed by atoms with E-state index in [0.29, 0.717) is 12.0 Å². The summed E-state index contributed by atoms with van der Waals surface area (Å²) in [6.45, 7) is 0. The normalized spacial score (nSPS) is 41.8. The molecule has 1 fully saturated rings. The van der Waals surface area contributed by atoms with Gasteiger partial charge in [0.15, 0.2) is 0 Å². The number of isothiocyanates is 1. The third-order valence-corrected chi connectivity index (χ3v) is 2.57. The van der Waals surface area contributed by atoms with E-state index >= 15 is 0 Å². The lowest BCUT2D eigenvalue weighted by Gasteiger charge is -2.09. The largest absolute Gasteiger partial charge is 0.229 e. The SMILES string of the molecule is S=C=N[C@H]1C[C@@H]2C=C[C@H]1C2. The number of thiocarbonyl (C=S) groups is 1. The summed E-state index contributed by atoms with van der Waals surface area (Å²) in [4.78, 5) is 4.12. The molecular formula is C8H9NS. The summed E-state index contributed by atoms with van der Waals surface area (Å²) in [5, 5.41) is 2.47. The smallest absolute Gasteiger partial charge is 0.0671 e. The summed E-state index contributed by atoms with van der Waals surface area (Å²) >= 11 is 4.56. The highest BCUT2D eigenvalue weighted by atomic mass is 32.1. The Hall–Kier alpha value is -0.460. The van der Waals surface area contributed by atoms with E-state index in [4.69, 9.17) is 0 Å². The first-order valence-corrected chi connectivity index (χ1v) is 4.06. The van der Waals surface area contributed by atoms with Crippen LogP contribution in [0.25, 0.3) is 0 Å². The molecule has 2 aliphatic rings. The van der Waals surface area contributed by atoms with Gasteiger partial charge in [0.2, 0.25) is 0 Å². The van der Waals surface area contributed by atoms with Gasteiger partial charge in [0.25, 0.3) is 0 Å². The lowest BCUT2D eigenvalue weighted by Crippen LogP contribution is -2.09. The van der Waals surface area contributed by atoms with Gasteiger partial charge < -0.3 is 0 Å². The van der Waals surface area contributed by atoms with Crippen molar-refractivity contribution in [3.8, 4) is 0 Å².